The summed E-state index contributed by atoms with van der Waals surface area (Å²) in [4.78, 5) is 14.4. The van der Waals surface area contributed by atoms with E-state index in [1.807, 2.05) is 77.7 Å². The lowest BCUT2D eigenvalue weighted by Crippen LogP contribution is -2.26. The van der Waals surface area contributed by atoms with E-state index in [0.29, 0.717) is 12.1 Å². The van der Waals surface area contributed by atoms with Crippen molar-refractivity contribution < 1.29 is 4.79 Å². The van der Waals surface area contributed by atoms with Gasteiger partial charge in [0.05, 0.1) is 17.6 Å². The summed E-state index contributed by atoms with van der Waals surface area (Å²) in [6.07, 6.45) is 7.33. The zero-order valence-corrected chi connectivity index (χ0v) is 14.9. The second-order valence-electron chi connectivity index (χ2n) is 6.29. The molecule has 4 rings (SSSR count). The van der Waals surface area contributed by atoms with Crippen molar-refractivity contribution >= 4 is 5.91 Å². The number of hydrogen-bond acceptors (Lipinski definition) is 3. The number of carbonyl (C=O) groups excluding carboxylic acids is 1. The fourth-order valence-electron chi connectivity index (χ4n) is 2.91. The van der Waals surface area contributed by atoms with Gasteiger partial charge >= 0.3 is 0 Å². The smallest absolute Gasteiger partial charge is 0.253 e. The van der Waals surface area contributed by atoms with Crippen molar-refractivity contribution in [3.05, 3.63) is 96.6 Å². The van der Waals surface area contributed by atoms with Gasteiger partial charge in [0.1, 0.15) is 0 Å². The van der Waals surface area contributed by atoms with E-state index in [-0.39, 0.29) is 5.91 Å². The molecule has 1 amide bonds. The normalized spacial score (nSPS) is 10.7. The molecule has 0 saturated heterocycles. The van der Waals surface area contributed by atoms with Crippen LogP contribution in [0.5, 0.6) is 0 Å². The minimum absolute atomic E-state index is 0.0329. The van der Waals surface area contributed by atoms with Gasteiger partial charge in [-0.1, -0.05) is 18.2 Å². The van der Waals surface area contributed by atoms with Crippen LogP contribution in [-0.2, 0) is 6.54 Å². The third-order valence-electron chi connectivity index (χ3n) is 4.31. The van der Waals surface area contributed by atoms with E-state index < -0.39 is 0 Å². The molecule has 0 bridgehead atoms. The summed E-state index contributed by atoms with van der Waals surface area (Å²) in [5.41, 5.74) is 3.53. The van der Waals surface area contributed by atoms with E-state index in [1.54, 1.807) is 29.0 Å². The van der Waals surface area contributed by atoms with Gasteiger partial charge in [0.2, 0.25) is 0 Å². The van der Waals surface area contributed by atoms with Gasteiger partial charge in [-0.2, -0.15) is 10.2 Å². The van der Waals surface area contributed by atoms with Gasteiger partial charge in [-0.05, 0) is 42.5 Å². The van der Waals surface area contributed by atoms with Crippen molar-refractivity contribution in [3.63, 3.8) is 0 Å². The number of amides is 1. The largest absolute Gasteiger partial charge is 0.337 e. The van der Waals surface area contributed by atoms with Crippen molar-refractivity contribution in [3.8, 4) is 11.4 Å². The first kappa shape index (κ1) is 16.8. The minimum Gasteiger partial charge on any atom is -0.337 e. The summed E-state index contributed by atoms with van der Waals surface area (Å²) < 4.78 is 3.57. The fourth-order valence-corrected chi connectivity index (χ4v) is 2.91. The Bertz CT molecular complexity index is 1020. The van der Waals surface area contributed by atoms with Crippen molar-refractivity contribution in [2.45, 2.75) is 6.54 Å². The van der Waals surface area contributed by atoms with Crippen LogP contribution in [-0.4, -0.2) is 37.4 Å². The maximum absolute atomic E-state index is 12.7. The number of rotatable bonds is 5. The molecule has 2 aromatic carbocycles. The van der Waals surface area contributed by atoms with Crippen LogP contribution in [0.15, 0.2) is 85.5 Å². The van der Waals surface area contributed by atoms with Crippen molar-refractivity contribution in [1.82, 2.24) is 24.5 Å². The van der Waals surface area contributed by atoms with Gasteiger partial charge in [-0.3, -0.25) is 4.79 Å². The van der Waals surface area contributed by atoms with E-state index in [2.05, 4.69) is 10.2 Å². The molecular weight excluding hydrogens is 338 g/mol. The monoisotopic (exact) mass is 357 g/mol. The third-order valence-corrected chi connectivity index (χ3v) is 4.31. The fraction of sp³-hybridized carbons (Fsp3) is 0.0952. The Morgan fingerprint density at radius 3 is 2.37 bits per heavy atom. The molecule has 0 radical (unpaired) electrons. The Labute approximate surface area is 157 Å². The van der Waals surface area contributed by atoms with E-state index >= 15 is 0 Å². The zero-order valence-electron chi connectivity index (χ0n) is 14.9. The summed E-state index contributed by atoms with van der Waals surface area (Å²) in [5.74, 6) is -0.0329. The van der Waals surface area contributed by atoms with Crippen LogP contribution >= 0.6 is 0 Å². The zero-order chi connectivity index (χ0) is 18.6. The Balaban J connectivity index is 1.44. The predicted molar refractivity (Wildman–Crippen MR) is 103 cm³/mol. The number of para-hydroxylation sites is 1. The number of aromatic nitrogens is 4. The average molecular weight is 357 g/mol. The molecule has 0 aliphatic rings. The molecule has 0 unspecified atom stereocenters. The maximum atomic E-state index is 12.7. The van der Waals surface area contributed by atoms with Crippen LogP contribution in [0.2, 0.25) is 0 Å². The van der Waals surface area contributed by atoms with Gasteiger partial charge in [0, 0.05) is 43.3 Å². The molecule has 0 atom stereocenters. The van der Waals surface area contributed by atoms with Crippen LogP contribution in [0.3, 0.4) is 0 Å². The van der Waals surface area contributed by atoms with Gasteiger partial charge in [0.15, 0.2) is 0 Å². The lowest BCUT2D eigenvalue weighted by Gasteiger charge is -2.16. The highest BCUT2D eigenvalue weighted by Gasteiger charge is 2.13. The highest BCUT2D eigenvalue weighted by Crippen LogP contribution is 2.13. The van der Waals surface area contributed by atoms with Crippen LogP contribution < -0.4 is 0 Å². The molecule has 4 aromatic rings. The molecule has 0 spiro atoms. The van der Waals surface area contributed by atoms with E-state index in [9.17, 15) is 4.79 Å². The first-order valence-electron chi connectivity index (χ1n) is 8.65. The first-order valence-corrected chi connectivity index (χ1v) is 8.65. The molecule has 134 valence electrons. The lowest BCUT2D eigenvalue weighted by atomic mass is 10.1. The lowest BCUT2D eigenvalue weighted by molar-refractivity contribution is 0.0785. The topological polar surface area (TPSA) is 56.0 Å². The molecule has 6 nitrogen and oxygen atoms in total. The molecule has 27 heavy (non-hydrogen) atoms. The van der Waals surface area contributed by atoms with E-state index in [4.69, 9.17) is 0 Å². The first-order chi connectivity index (χ1) is 13.2. The SMILES string of the molecule is CN(Cc1cnn(-c2ccccc2)c1)C(=O)c1ccc(-n2cccn2)cc1. The summed E-state index contributed by atoms with van der Waals surface area (Å²) in [6.45, 7) is 0.493. The number of benzene rings is 2. The molecule has 0 saturated carbocycles. The van der Waals surface area contributed by atoms with Crippen LogP contribution in [0, 0.1) is 0 Å². The quantitative estimate of drug-likeness (QED) is 0.550. The standard InChI is InChI=1S/C21H19N5O/c1-24(15-17-14-23-26(16-17)19-6-3-2-4-7-19)21(27)18-8-10-20(11-9-18)25-13-5-12-22-25/h2-14,16H,15H2,1H3. The summed E-state index contributed by atoms with van der Waals surface area (Å²) in [7, 11) is 1.80. The molecule has 6 heteroatoms. The molecule has 0 aliphatic heterocycles. The number of carbonyl (C=O) groups is 1. The molecule has 0 N–H and O–H groups in total. The third kappa shape index (κ3) is 3.64. The van der Waals surface area contributed by atoms with Crippen LogP contribution in [0.4, 0.5) is 0 Å². The Kier molecular flexibility index (Phi) is 4.53. The molecule has 0 aliphatic carbocycles. The minimum atomic E-state index is -0.0329. The Hall–Kier alpha value is -3.67. The van der Waals surface area contributed by atoms with E-state index in [0.717, 1.165) is 16.9 Å². The van der Waals surface area contributed by atoms with Crippen molar-refractivity contribution in [1.29, 1.82) is 0 Å². The summed E-state index contributed by atoms with van der Waals surface area (Å²) in [6, 6.07) is 19.2. The Morgan fingerprint density at radius 2 is 1.67 bits per heavy atom. The average Bonchev–Trinajstić information content (AvgIpc) is 3.40. The maximum Gasteiger partial charge on any atom is 0.253 e. The van der Waals surface area contributed by atoms with Gasteiger partial charge in [-0.15, -0.1) is 0 Å². The molecular formula is C21H19N5O. The van der Waals surface area contributed by atoms with Gasteiger partial charge in [0.25, 0.3) is 5.91 Å². The number of hydrogen-bond donors (Lipinski definition) is 0. The highest BCUT2D eigenvalue weighted by atomic mass is 16.2. The highest BCUT2D eigenvalue weighted by molar-refractivity contribution is 5.94. The molecule has 2 aromatic heterocycles. The van der Waals surface area contributed by atoms with Gasteiger partial charge in [-0.25, -0.2) is 9.36 Å². The second kappa shape index (κ2) is 7.29. The van der Waals surface area contributed by atoms with Crippen molar-refractivity contribution in [2.24, 2.45) is 0 Å². The van der Waals surface area contributed by atoms with Crippen LogP contribution in [0.25, 0.3) is 11.4 Å². The summed E-state index contributed by atoms with van der Waals surface area (Å²) in [5, 5.41) is 8.57. The molecule has 0 fully saturated rings. The predicted octanol–water partition coefficient (Wildman–Crippen LogP) is 3.33. The number of nitrogens with zero attached hydrogens (tertiary/aromatic N) is 5. The summed E-state index contributed by atoms with van der Waals surface area (Å²) >= 11 is 0. The van der Waals surface area contributed by atoms with Crippen LogP contribution in [0.1, 0.15) is 15.9 Å². The van der Waals surface area contributed by atoms with Gasteiger partial charge < -0.3 is 4.90 Å². The second-order valence-corrected chi connectivity index (χ2v) is 6.29. The molecule has 2 heterocycles. The van der Waals surface area contributed by atoms with Crippen molar-refractivity contribution in [2.75, 3.05) is 7.05 Å². The van der Waals surface area contributed by atoms with E-state index in [1.165, 1.54) is 0 Å². The Morgan fingerprint density at radius 1 is 0.926 bits per heavy atom.